The molecule has 0 spiro atoms. The quantitative estimate of drug-likeness (QED) is 0.148. The average Bonchev–Trinajstić information content (AvgIpc) is 3.08. The molecule has 0 heterocycles. The summed E-state index contributed by atoms with van der Waals surface area (Å²) < 4.78 is 76.1. The Morgan fingerprint density at radius 2 is 1.63 bits per heavy atom. The molecule has 0 amide bonds. The van der Waals surface area contributed by atoms with Crippen LogP contribution < -0.4 is 5.32 Å². The molecule has 1 aliphatic carbocycles. The molecule has 0 saturated carbocycles. The zero-order valence-electron chi connectivity index (χ0n) is 23.6. The monoisotopic (exact) mass is 601 g/mol. The number of allylic oxidation sites excluding steroid dienone is 2. The van der Waals surface area contributed by atoms with Crippen molar-refractivity contribution in [2.75, 3.05) is 18.1 Å². The molecule has 2 nitrogen and oxygen atoms in total. The van der Waals surface area contributed by atoms with E-state index in [1.54, 1.807) is 6.07 Å². The first-order chi connectivity index (χ1) is 19.5. The van der Waals surface area contributed by atoms with E-state index in [1.165, 1.54) is 40.6 Å². The lowest BCUT2D eigenvalue weighted by molar-refractivity contribution is -0.284. The molecule has 0 aliphatic heterocycles. The first kappa shape index (κ1) is 33.4. The Morgan fingerprint density at radius 1 is 0.902 bits per heavy atom. The fourth-order valence-corrected chi connectivity index (χ4v) is 6.31. The lowest BCUT2D eigenvalue weighted by Crippen LogP contribution is -2.36. The van der Waals surface area contributed by atoms with Crippen LogP contribution in [0.4, 0.5) is 26.3 Å². The van der Waals surface area contributed by atoms with Gasteiger partial charge in [-0.15, -0.1) is 0 Å². The summed E-state index contributed by atoms with van der Waals surface area (Å²) in [6, 6.07) is 12.6. The molecule has 0 aromatic heterocycles. The minimum Gasteiger partial charge on any atom is -0.508 e. The van der Waals surface area contributed by atoms with Gasteiger partial charge in [0.15, 0.2) is 0 Å². The number of thioether (sulfide) groups is 1. The molecule has 0 fully saturated rings. The number of fused-ring (bicyclic) bond motifs is 1. The van der Waals surface area contributed by atoms with Gasteiger partial charge >= 0.3 is 12.1 Å². The van der Waals surface area contributed by atoms with Gasteiger partial charge in [0, 0.05) is 12.5 Å². The number of hydrogen-bond acceptors (Lipinski definition) is 3. The second-order valence-corrected chi connectivity index (χ2v) is 12.1. The number of alkyl halides is 5. The molecular formula is C32H41F6NOS. The van der Waals surface area contributed by atoms with E-state index in [0.29, 0.717) is 5.75 Å². The summed E-state index contributed by atoms with van der Waals surface area (Å²) in [5.41, 5.74) is 5.94. The molecule has 3 rings (SSSR count). The van der Waals surface area contributed by atoms with E-state index in [0.717, 1.165) is 81.2 Å². The molecule has 0 saturated heterocycles. The highest BCUT2D eigenvalue weighted by atomic mass is 32.2. The van der Waals surface area contributed by atoms with Gasteiger partial charge in [0.05, 0.1) is 0 Å². The third-order valence-electron chi connectivity index (χ3n) is 7.58. The Morgan fingerprint density at radius 3 is 2.37 bits per heavy atom. The smallest absolute Gasteiger partial charge is 0.453 e. The van der Waals surface area contributed by atoms with Crippen LogP contribution in [0.25, 0.3) is 11.1 Å². The van der Waals surface area contributed by atoms with Crippen LogP contribution >= 0.6 is 11.8 Å². The van der Waals surface area contributed by atoms with Gasteiger partial charge in [0.1, 0.15) is 11.6 Å². The maximum absolute atomic E-state index is 13.6. The summed E-state index contributed by atoms with van der Waals surface area (Å²) in [5, 5.41) is 13.5. The summed E-state index contributed by atoms with van der Waals surface area (Å²) >= 11 is 1.42. The number of nitrogens with one attached hydrogen (secondary N) is 1. The number of benzene rings is 2. The maximum Gasteiger partial charge on any atom is 0.453 e. The largest absolute Gasteiger partial charge is 0.508 e. The standard InChI is InChI=1S/C32H41F6NOS/c1-23(17-21-41-20-7-18-31(34,35)32(36,37)38)39-19-5-3-2-4-9-30-28(24-11-13-26(33)14-12-24)10-6-8-25-22-27(40)15-16-29(25)30/h11-16,22-23,39-40H,2-10,17-21H2,1H3. The van der Waals surface area contributed by atoms with Crippen LogP contribution in [0, 0.1) is 5.82 Å². The van der Waals surface area contributed by atoms with Crippen molar-refractivity contribution >= 4 is 22.9 Å². The average molecular weight is 602 g/mol. The van der Waals surface area contributed by atoms with E-state index in [1.807, 2.05) is 24.3 Å². The third kappa shape index (κ3) is 10.6. The molecule has 2 aromatic carbocycles. The molecule has 228 valence electrons. The lowest BCUT2D eigenvalue weighted by Gasteiger charge is -2.19. The number of rotatable bonds is 16. The Balaban J connectivity index is 1.38. The van der Waals surface area contributed by atoms with Gasteiger partial charge in [-0.05, 0) is 128 Å². The molecule has 1 atom stereocenters. The normalized spacial score (nSPS) is 15.1. The van der Waals surface area contributed by atoms with Crippen molar-refractivity contribution in [2.24, 2.45) is 0 Å². The van der Waals surface area contributed by atoms with Gasteiger partial charge in [-0.25, -0.2) is 4.39 Å². The number of phenols is 1. The third-order valence-corrected chi connectivity index (χ3v) is 8.68. The van der Waals surface area contributed by atoms with Gasteiger partial charge in [-0.1, -0.05) is 31.0 Å². The van der Waals surface area contributed by atoms with Crippen molar-refractivity contribution in [3.8, 4) is 5.75 Å². The van der Waals surface area contributed by atoms with E-state index >= 15 is 0 Å². The fraction of sp³-hybridized carbons (Fsp3) is 0.562. The summed E-state index contributed by atoms with van der Waals surface area (Å²) in [6.07, 6.45) is 1.95. The number of unbranched alkanes of at least 4 members (excludes halogenated alkanes) is 3. The lowest BCUT2D eigenvalue weighted by atomic mass is 9.89. The molecule has 0 bridgehead atoms. The highest BCUT2D eigenvalue weighted by Crippen LogP contribution is 2.40. The van der Waals surface area contributed by atoms with E-state index in [2.05, 4.69) is 12.2 Å². The van der Waals surface area contributed by atoms with Crippen LogP contribution in [-0.2, 0) is 6.42 Å². The number of aryl methyl sites for hydroxylation is 1. The maximum atomic E-state index is 13.6. The topological polar surface area (TPSA) is 32.3 Å². The van der Waals surface area contributed by atoms with Crippen molar-refractivity contribution in [3.05, 3.63) is 65.0 Å². The van der Waals surface area contributed by atoms with Crippen LogP contribution in [0.1, 0.15) is 87.8 Å². The first-order valence-electron chi connectivity index (χ1n) is 14.5. The van der Waals surface area contributed by atoms with Crippen LogP contribution in [0.15, 0.2) is 42.5 Å². The van der Waals surface area contributed by atoms with Crippen molar-refractivity contribution in [1.82, 2.24) is 5.32 Å². The zero-order valence-corrected chi connectivity index (χ0v) is 24.5. The van der Waals surface area contributed by atoms with Gasteiger partial charge in [0.2, 0.25) is 0 Å². The summed E-state index contributed by atoms with van der Waals surface area (Å²) in [7, 11) is 0. The van der Waals surface area contributed by atoms with Crippen LogP contribution in [0.5, 0.6) is 5.75 Å². The second kappa shape index (κ2) is 15.9. The van der Waals surface area contributed by atoms with Crippen molar-refractivity contribution in [1.29, 1.82) is 0 Å². The van der Waals surface area contributed by atoms with Gasteiger partial charge in [-0.2, -0.15) is 33.7 Å². The summed E-state index contributed by atoms with van der Waals surface area (Å²) in [5.74, 6) is -3.56. The van der Waals surface area contributed by atoms with Crippen LogP contribution in [0.2, 0.25) is 0 Å². The Hall–Kier alpha value is -2.13. The SMILES string of the molecule is CC(CCSCCCC(F)(F)C(F)(F)F)NCCCCCCC1=C(c2ccc(F)cc2)CCCc2cc(O)ccc21. The van der Waals surface area contributed by atoms with Crippen LogP contribution in [-0.4, -0.2) is 41.3 Å². The molecule has 2 N–H and O–H groups in total. The highest BCUT2D eigenvalue weighted by molar-refractivity contribution is 7.99. The van der Waals surface area contributed by atoms with Crippen LogP contribution in [0.3, 0.4) is 0 Å². The Labute approximate surface area is 244 Å². The summed E-state index contributed by atoms with van der Waals surface area (Å²) in [6.45, 7) is 2.93. The predicted octanol–water partition coefficient (Wildman–Crippen LogP) is 9.81. The van der Waals surface area contributed by atoms with Gasteiger partial charge in [-0.3, -0.25) is 0 Å². The number of halogens is 6. The van der Waals surface area contributed by atoms with E-state index < -0.39 is 18.5 Å². The van der Waals surface area contributed by atoms with E-state index in [9.17, 15) is 31.4 Å². The van der Waals surface area contributed by atoms with E-state index in [4.69, 9.17) is 0 Å². The van der Waals surface area contributed by atoms with Crippen molar-refractivity contribution < 1.29 is 31.4 Å². The predicted molar refractivity (Wildman–Crippen MR) is 157 cm³/mol. The highest BCUT2D eigenvalue weighted by Gasteiger charge is 2.56. The molecule has 41 heavy (non-hydrogen) atoms. The fourth-order valence-electron chi connectivity index (χ4n) is 5.24. The zero-order chi connectivity index (χ0) is 29.9. The minimum absolute atomic E-state index is 0.157. The number of phenolic OH excluding ortho intramolecular Hbond substituents is 1. The summed E-state index contributed by atoms with van der Waals surface area (Å²) in [4.78, 5) is 0. The minimum atomic E-state index is -5.47. The molecular weight excluding hydrogens is 560 g/mol. The first-order valence-corrected chi connectivity index (χ1v) is 15.7. The molecule has 1 unspecified atom stereocenters. The van der Waals surface area contributed by atoms with Crippen molar-refractivity contribution in [2.45, 2.75) is 95.7 Å². The van der Waals surface area contributed by atoms with Crippen molar-refractivity contribution in [3.63, 3.8) is 0 Å². The molecule has 9 heteroatoms. The van der Waals surface area contributed by atoms with Gasteiger partial charge < -0.3 is 10.4 Å². The molecule has 1 aliphatic rings. The Bertz CT molecular complexity index is 1120. The Kier molecular flexibility index (Phi) is 13.0. The van der Waals surface area contributed by atoms with Gasteiger partial charge in [0.25, 0.3) is 0 Å². The molecule has 0 radical (unpaired) electrons. The van der Waals surface area contributed by atoms with E-state index in [-0.39, 0.29) is 24.0 Å². The number of hydrogen-bond donors (Lipinski definition) is 2. The second-order valence-electron chi connectivity index (χ2n) is 10.9. The molecule has 2 aromatic rings. The number of aromatic hydroxyl groups is 1.